The Balaban J connectivity index is 1.36. The maximum absolute atomic E-state index is 13.1. The number of benzene rings is 3. The molecule has 3 N–H and O–H groups in total. The summed E-state index contributed by atoms with van der Waals surface area (Å²) in [6.45, 7) is 3.14. The Bertz CT molecular complexity index is 1140. The van der Waals surface area contributed by atoms with Crippen LogP contribution in [-0.2, 0) is 17.8 Å². The van der Waals surface area contributed by atoms with Crippen molar-refractivity contribution in [1.29, 1.82) is 0 Å². The van der Waals surface area contributed by atoms with Crippen molar-refractivity contribution in [3.05, 3.63) is 95.1 Å². The van der Waals surface area contributed by atoms with Gasteiger partial charge in [0.05, 0.1) is 17.6 Å². The smallest absolute Gasteiger partial charge is 0.251 e. The molecule has 1 fully saturated rings. The van der Waals surface area contributed by atoms with Gasteiger partial charge in [-0.15, -0.1) is 0 Å². The summed E-state index contributed by atoms with van der Waals surface area (Å²) in [6.07, 6.45) is 0.958. The van der Waals surface area contributed by atoms with Gasteiger partial charge in [0.25, 0.3) is 5.91 Å². The van der Waals surface area contributed by atoms with Crippen LogP contribution in [0.1, 0.15) is 40.0 Å². The molecule has 2 atom stereocenters. The van der Waals surface area contributed by atoms with Crippen molar-refractivity contribution in [2.24, 2.45) is 5.92 Å². The van der Waals surface area contributed by atoms with E-state index in [-0.39, 0.29) is 23.8 Å². The monoisotopic (exact) mass is 426 g/mol. The number of rotatable bonds is 5. The minimum atomic E-state index is -0.226. The number of hydrogen-bond donors (Lipinski definition) is 3. The molecule has 0 aliphatic carbocycles. The molecule has 2 unspecified atom stereocenters. The third kappa shape index (κ3) is 3.74. The van der Waals surface area contributed by atoms with Gasteiger partial charge in [0, 0.05) is 24.3 Å². The fourth-order valence-electron chi connectivity index (χ4n) is 4.40. The third-order valence-electron chi connectivity index (χ3n) is 6.27. The van der Waals surface area contributed by atoms with Crippen LogP contribution in [0.4, 0.5) is 11.4 Å². The minimum absolute atomic E-state index is 0.0383. The number of nitrogens with zero attached hydrogens (tertiary/aromatic N) is 1. The van der Waals surface area contributed by atoms with Crippen LogP contribution in [0, 0.1) is 5.92 Å². The van der Waals surface area contributed by atoms with Gasteiger partial charge in [-0.2, -0.15) is 0 Å². The molecule has 32 heavy (non-hydrogen) atoms. The number of hydrazine groups is 1. The number of hydrogen-bond acceptors (Lipinski definition) is 4. The molecule has 2 heterocycles. The van der Waals surface area contributed by atoms with Gasteiger partial charge in [0.2, 0.25) is 5.91 Å². The van der Waals surface area contributed by atoms with Crippen LogP contribution >= 0.6 is 0 Å². The summed E-state index contributed by atoms with van der Waals surface area (Å²) >= 11 is 0. The molecule has 0 spiro atoms. The van der Waals surface area contributed by atoms with E-state index < -0.39 is 0 Å². The summed E-state index contributed by atoms with van der Waals surface area (Å²) in [7, 11) is 0. The van der Waals surface area contributed by atoms with Gasteiger partial charge < -0.3 is 10.6 Å². The predicted molar refractivity (Wildman–Crippen MR) is 125 cm³/mol. The highest BCUT2D eigenvalue weighted by Crippen LogP contribution is 2.40. The van der Waals surface area contributed by atoms with Gasteiger partial charge in [-0.3, -0.25) is 9.59 Å². The summed E-state index contributed by atoms with van der Waals surface area (Å²) in [5, 5.41) is 7.98. The van der Waals surface area contributed by atoms with Gasteiger partial charge in [-0.25, -0.2) is 10.4 Å². The van der Waals surface area contributed by atoms with Crippen molar-refractivity contribution in [1.82, 2.24) is 10.7 Å². The molecular weight excluding hydrogens is 400 g/mol. The van der Waals surface area contributed by atoms with Crippen LogP contribution in [0.3, 0.4) is 0 Å². The van der Waals surface area contributed by atoms with E-state index in [1.165, 1.54) is 5.56 Å². The topological polar surface area (TPSA) is 73.5 Å². The molecule has 3 aromatic carbocycles. The van der Waals surface area contributed by atoms with Crippen molar-refractivity contribution in [3.63, 3.8) is 0 Å². The molecule has 0 bridgehead atoms. The summed E-state index contributed by atoms with van der Waals surface area (Å²) < 4.78 is 0. The first-order valence-corrected chi connectivity index (χ1v) is 11.0. The largest absolute Gasteiger partial charge is 0.384 e. The number of aryl methyl sites for hydroxylation is 1. The van der Waals surface area contributed by atoms with Crippen molar-refractivity contribution < 1.29 is 9.59 Å². The van der Waals surface area contributed by atoms with Crippen LogP contribution in [-0.4, -0.2) is 18.4 Å². The third-order valence-corrected chi connectivity index (χ3v) is 6.27. The first-order chi connectivity index (χ1) is 15.6. The maximum atomic E-state index is 13.1. The average Bonchev–Trinajstić information content (AvgIpc) is 3.19. The molecule has 6 heteroatoms. The number of nitrogens with one attached hydrogen (secondary N) is 3. The van der Waals surface area contributed by atoms with Crippen LogP contribution < -0.4 is 21.1 Å². The second-order valence-electron chi connectivity index (χ2n) is 8.26. The quantitative estimate of drug-likeness (QED) is 0.580. The highest BCUT2D eigenvalue weighted by Gasteiger charge is 2.44. The van der Waals surface area contributed by atoms with Gasteiger partial charge in [0.15, 0.2) is 0 Å². The minimum Gasteiger partial charge on any atom is -0.384 e. The fourth-order valence-corrected chi connectivity index (χ4v) is 4.40. The Morgan fingerprint density at radius 2 is 1.81 bits per heavy atom. The van der Waals surface area contributed by atoms with E-state index in [0.29, 0.717) is 18.7 Å². The van der Waals surface area contributed by atoms with Crippen molar-refractivity contribution in [2.75, 3.05) is 16.9 Å². The van der Waals surface area contributed by atoms with E-state index in [1.807, 2.05) is 72.8 Å². The molecule has 2 amide bonds. The Morgan fingerprint density at radius 3 is 2.56 bits per heavy atom. The highest BCUT2D eigenvalue weighted by molar-refractivity contribution is 5.99. The predicted octanol–water partition coefficient (Wildman–Crippen LogP) is 3.81. The molecule has 5 rings (SSSR count). The Morgan fingerprint density at radius 1 is 1.03 bits per heavy atom. The SMILES string of the molecule is CCc1ccc(N2NC3c4cc(C(=O)NCc5ccccc5)ccc4NCC3C2=O)cc1. The van der Waals surface area contributed by atoms with Crippen molar-refractivity contribution in [3.8, 4) is 0 Å². The lowest BCUT2D eigenvalue weighted by molar-refractivity contribution is -0.120. The molecule has 1 saturated heterocycles. The van der Waals surface area contributed by atoms with E-state index >= 15 is 0 Å². The zero-order valence-corrected chi connectivity index (χ0v) is 18.0. The average molecular weight is 427 g/mol. The molecule has 0 saturated carbocycles. The van der Waals surface area contributed by atoms with Crippen LogP contribution in [0.25, 0.3) is 0 Å². The lowest BCUT2D eigenvalue weighted by Crippen LogP contribution is -2.35. The van der Waals surface area contributed by atoms with E-state index in [4.69, 9.17) is 0 Å². The standard InChI is InChI=1S/C26H26N4O2/c1-2-17-8-11-20(12-9-17)30-26(32)22-16-27-23-13-10-19(14-21(23)24(22)29-30)25(31)28-15-18-6-4-3-5-7-18/h3-14,22,24,27,29H,2,15-16H2,1H3,(H,28,31). The molecule has 0 radical (unpaired) electrons. The number of fused-ring (bicyclic) bond motifs is 3. The molecule has 2 aliphatic heterocycles. The second-order valence-corrected chi connectivity index (χ2v) is 8.26. The first-order valence-electron chi connectivity index (χ1n) is 11.0. The molecule has 6 nitrogen and oxygen atoms in total. The van der Waals surface area contributed by atoms with Gasteiger partial charge >= 0.3 is 0 Å². The molecule has 3 aromatic rings. The Labute approximate surface area is 187 Å². The number of carbonyl (C=O) groups excluding carboxylic acids is 2. The summed E-state index contributed by atoms with van der Waals surface area (Å²) in [6, 6.07) is 23.3. The van der Waals surface area contributed by atoms with Gasteiger partial charge in [0.1, 0.15) is 0 Å². The van der Waals surface area contributed by atoms with Crippen molar-refractivity contribution in [2.45, 2.75) is 25.9 Å². The van der Waals surface area contributed by atoms with Gasteiger partial charge in [-0.05, 0) is 53.4 Å². The zero-order chi connectivity index (χ0) is 22.1. The van der Waals surface area contributed by atoms with E-state index in [9.17, 15) is 9.59 Å². The summed E-state index contributed by atoms with van der Waals surface area (Å²) in [4.78, 5) is 25.9. The molecule has 162 valence electrons. The second kappa shape index (κ2) is 8.48. The highest BCUT2D eigenvalue weighted by atomic mass is 16.2. The summed E-state index contributed by atoms with van der Waals surface area (Å²) in [5.41, 5.74) is 8.98. The lowest BCUT2D eigenvalue weighted by atomic mass is 9.88. The van der Waals surface area contributed by atoms with Crippen LogP contribution in [0.15, 0.2) is 72.8 Å². The van der Waals surface area contributed by atoms with Crippen molar-refractivity contribution >= 4 is 23.2 Å². The molecule has 0 aromatic heterocycles. The number of carbonyl (C=O) groups is 2. The summed E-state index contributed by atoms with van der Waals surface area (Å²) in [5.74, 6) is -0.317. The normalized spacial score (nSPS) is 19.2. The zero-order valence-electron chi connectivity index (χ0n) is 18.0. The van der Waals surface area contributed by atoms with Crippen LogP contribution in [0.5, 0.6) is 0 Å². The number of anilines is 2. The number of amides is 2. The van der Waals surface area contributed by atoms with E-state index in [1.54, 1.807) is 5.01 Å². The first kappa shape index (κ1) is 20.3. The van der Waals surface area contributed by atoms with Crippen LogP contribution in [0.2, 0.25) is 0 Å². The molecule has 2 aliphatic rings. The Hall–Kier alpha value is -3.64. The van der Waals surface area contributed by atoms with E-state index in [2.05, 4.69) is 23.0 Å². The van der Waals surface area contributed by atoms with Gasteiger partial charge in [-0.1, -0.05) is 49.4 Å². The molecular formula is C26H26N4O2. The van der Waals surface area contributed by atoms with E-state index in [0.717, 1.165) is 28.9 Å². The lowest BCUT2D eigenvalue weighted by Gasteiger charge is -2.27. The Kier molecular flexibility index (Phi) is 5.37. The fraction of sp³-hybridized carbons (Fsp3) is 0.231. The maximum Gasteiger partial charge on any atom is 0.251 e.